The largest absolute Gasteiger partial charge is 0.493 e. The Morgan fingerprint density at radius 2 is 1.86 bits per heavy atom. The molecule has 0 aliphatic rings. The van der Waals surface area contributed by atoms with Crippen LogP contribution in [-0.2, 0) is 5.54 Å². The number of aromatic nitrogens is 1. The number of nitrogens with two attached hydrogens (primary N) is 1. The number of unbranched alkanes of at least 4 members (excludes halogenated alkanes) is 1. The van der Waals surface area contributed by atoms with Crippen molar-refractivity contribution in [2.75, 3.05) is 6.61 Å². The molecule has 0 aliphatic carbocycles. The van der Waals surface area contributed by atoms with Crippen LogP contribution in [0.15, 0.2) is 36.4 Å². The fraction of sp³-hybridized carbons (Fsp3) is 0.421. The standard InChI is InChI=1S/C19H26N2O/c1-5-6-13-22-18-10-8-7-9-15(18)17-12-11-16(14(2)21-17)19(3,4)20/h7-12H,5-6,13,20H2,1-4H3. The molecule has 0 bridgehead atoms. The van der Waals surface area contributed by atoms with Gasteiger partial charge in [-0.05, 0) is 51.0 Å². The maximum absolute atomic E-state index is 6.19. The highest BCUT2D eigenvalue weighted by Crippen LogP contribution is 2.30. The zero-order valence-corrected chi connectivity index (χ0v) is 14.0. The number of hydrogen-bond donors (Lipinski definition) is 1. The fourth-order valence-corrected chi connectivity index (χ4v) is 2.52. The molecule has 0 spiro atoms. The first-order chi connectivity index (χ1) is 10.4. The number of pyridine rings is 1. The molecule has 0 unspecified atom stereocenters. The Morgan fingerprint density at radius 3 is 2.50 bits per heavy atom. The molecular formula is C19H26N2O. The Balaban J connectivity index is 2.34. The minimum absolute atomic E-state index is 0.382. The second-order valence-corrected chi connectivity index (χ2v) is 6.25. The van der Waals surface area contributed by atoms with Gasteiger partial charge in [0.05, 0.1) is 12.3 Å². The van der Waals surface area contributed by atoms with Gasteiger partial charge in [-0.1, -0.05) is 31.5 Å². The molecule has 1 heterocycles. The molecule has 2 N–H and O–H groups in total. The molecule has 2 rings (SSSR count). The monoisotopic (exact) mass is 298 g/mol. The molecule has 1 aromatic carbocycles. The summed E-state index contributed by atoms with van der Waals surface area (Å²) in [4.78, 5) is 4.74. The first-order valence-electron chi connectivity index (χ1n) is 7.92. The molecule has 22 heavy (non-hydrogen) atoms. The zero-order valence-electron chi connectivity index (χ0n) is 14.0. The fourth-order valence-electron chi connectivity index (χ4n) is 2.52. The second-order valence-electron chi connectivity index (χ2n) is 6.25. The molecule has 3 heteroatoms. The minimum atomic E-state index is -0.382. The second kappa shape index (κ2) is 6.93. The van der Waals surface area contributed by atoms with Crippen LogP contribution in [-0.4, -0.2) is 11.6 Å². The summed E-state index contributed by atoms with van der Waals surface area (Å²) in [5.41, 5.74) is 9.81. The number of ether oxygens (including phenoxy) is 1. The predicted molar refractivity (Wildman–Crippen MR) is 92.0 cm³/mol. The third kappa shape index (κ3) is 3.86. The molecule has 118 valence electrons. The number of nitrogens with zero attached hydrogens (tertiary/aromatic N) is 1. The van der Waals surface area contributed by atoms with E-state index in [0.29, 0.717) is 0 Å². The third-order valence-electron chi connectivity index (χ3n) is 3.70. The van der Waals surface area contributed by atoms with Gasteiger partial charge in [0.1, 0.15) is 5.75 Å². The molecule has 0 aliphatic heterocycles. The van der Waals surface area contributed by atoms with Crippen molar-refractivity contribution in [3.63, 3.8) is 0 Å². The van der Waals surface area contributed by atoms with Gasteiger partial charge in [0.15, 0.2) is 0 Å². The van der Waals surface area contributed by atoms with E-state index in [1.807, 2.05) is 45.0 Å². The smallest absolute Gasteiger partial charge is 0.128 e. The summed E-state index contributed by atoms with van der Waals surface area (Å²) >= 11 is 0. The first kappa shape index (κ1) is 16.5. The van der Waals surface area contributed by atoms with Crippen molar-refractivity contribution in [2.45, 2.75) is 46.1 Å². The Labute approximate surface area is 133 Å². The molecule has 0 atom stereocenters. The van der Waals surface area contributed by atoms with Crippen LogP contribution >= 0.6 is 0 Å². The van der Waals surface area contributed by atoms with Crippen LogP contribution < -0.4 is 10.5 Å². The topological polar surface area (TPSA) is 48.1 Å². The third-order valence-corrected chi connectivity index (χ3v) is 3.70. The summed E-state index contributed by atoms with van der Waals surface area (Å²) in [6.45, 7) is 8.90. The SMILES string of the molecule is CCCCOc1ccccc1-c1ccc(C(C)(C)N)c(C)n1. The van der Waals surface area contributed by atoms with Crippen LogP contribution in [0.1, 0.15) is 44.9 Å². The molecule has 0 saturated carbocycles. The quantitative estimate of drug-likeness (QED) is 0.803. The molecule has 0 radical (unpaired) electrons. The number of aryl methyl sites for hydroxylation is 1. The van der Waals surface area contributed by atoms with Gasteiger partial charge in [0.2, 0.25) is 0 Å². The summed E-state index contributed by atoms with van der Waals surface area (Å²) in [6.07, 6.45) is 2.18. The van der Waals surface area contributed by atoms with Crippen LogP contribution in [0.3, 0.4) is 0 Å². The van der Waals surface area contributed by atoms with E-state index in [-0.39, 0.29) is 5.54 Å². The van der Waals surface area contributed by atoms with E-state index in [1.165, 1.54) is 0 Å². The predicted octanol–water partition coefficient (Wildman–Crippen LogP) is 4.43. The van der Waals surface area contributed by atoms with Gasteiger partial charge in [0, 0.05) is 16.8 Å². The summed E-state index contributed by atoms with van der Waals surface area (Å²) in [6, 6.07) is 12.2. The van der Waals surface area contributed by atoms with Crippen LogP contribution in [0, 0.1) is 6.92 Å². The average Bonchev–Trinajstić information content (AvgIpc) is 2.46. The normalized spacial score (nSPS) is 11.5. The van der Waals surface area contributed by atoms with E-state index in [0.717, 1.165) is 47.7 Å². The van der Waals surface area contributed by atoms with Gasteiger partial charge in [-0.2, -0.15) is 0 Å². The van der Waals surface area contributed by atoms with Crippen molar-refractivity contribution in [2.24, 2.45) is 5.73 Å². The van der Waals surface area contributed by atoms with E-state index in [9.17, 15) is 0 Å². The average molecular weight is 298 g/mol. The molecule has 1 aromatic heterocycles. The molecular weight excluding hydrogens is 272 g/mol. The zero-order chi connectivity index (χ0) is 16.2. The number of hydrogen-bond acceptors (Lipinski definition) is 3. The maximum Gasteiger partial charge on any atom is 0.128 e. The van der Waals surface area contributed by atoms with Crippen molar-refractivity contribution in [1.29, 1.82) is 0 Å². The summed E-state index contributed by atoms with van der Waals surface area (Å²) < 4.78 is 5.90. The highest BCUT2D eigenvalue weighted by atomic mass is 16.5. The van der Waals surface area contributed by atoms with Gasteiger partial charge in [0.25, 0.3) is 0 Å². The molecule has 0 amide bonds. The van der Waals surface area contributed by atoms with Gasteiger partial charge in [-0.25, -0.2) is 0 Å². The molecule has 2 aromatic rings. The van der Waals surface area contributed by atoms with E-state index in [2.05, 4.69) is 19.1 Å². The van der Waals surface area contributed by atoms with Crippen LogP contribution in [0.25, 0.3) is 11.3 Å². The molecule has 0 saturated heterocycles. The lowest BCUT2D eigenvalue weighted by molar-refractivity contribution is 0.310. The Bertz CT molecular complexity index is 630. The minimum Gasteiger partial charge on any atom is -0.493 e. The molecule has 0 fully saturated rings. The van der Waals surface area contributed by atoms with Crippen molar-refractivity contribution in [1.82, 2.24) is 4.98 Å². The Hall–Kier alpha value is -1.87. The lowest BCUT2D eigenvalue weighted by atomic mass is 9.93. The number of para-hydroxylation sites is 1. The Morgan fingerprint density at radius 1 is 1.14 bits per heavy atom. The number of rotatable bonds is 6. The highest BCUT2D eigenvalue weighted by molar-refractivity contribution is 5.67. The van der Waals surface area contributed by atoms with E-state index in [4.69, 9.17) is 15.5 Å². The van der Waals surface area contributed by atoms with Crippen molar-refractivity contribution in [3.8, 4) is 17.0 Å². The van der Waals surface area contributed by atoms with Crippen LogP contribution in [0.5, 0.6) is 5.75 Å². The first-order valence-corrected chi connectivity index (χ1v) is 7.92. The van der Waals surface area contributed by atoms with Crippen molar-refractivity contribution < 1.29 is 4.74 Å². The van der Waals surface area contributed by atoms with Gasteiger partial charge >= 0.3 is 0 Å². The number of benzene rings is 1. The van der Waals surface area contributed by atoms with Crippen molar-refractivity contribution in [3.05, 3.63) is 47.7 Å². The lowest BCUT2D eigenvalue weighted by Crippen LogP contribution is -2.29. The summed E-state index contributed by atoms with van der Waals surface area (Å²) in [5, 5.41) is 0. The van der Waals surface area contributed by atoms with Crippen LogP contribution in [0.2, 0.25) is 0 Å². The van der Waals surface area contributed by atoms with E-state index < -0.39 is 0 Å². The van der Waals surface area contributed by atoms with Crippen LogP contribution in [0.4, 0.5) is 0 Å². The van der Waals surface area contributed by atoms with E-state index in [1.54, 1.807) is 0 Å². The summed E-state index contributed by atoms with van der Waals surface area (Å²) in [7, 11) is 0. The molecule has 3 nitrogen and oxygen atoms in total. The maximum atomic E-state index is 6.19. The summed E-state index contributed by atoms with van der Waals surface area (Å²) in [5.74, 6) is 0.891. The van der Waals surface area contributed by atoms with Crippen molar-refractivity contribution >= 4 is 0 Å². The lowest BCUT2D eigenvalue weighted by Gasteiger charge is -2.21. The van der Waals surface area contributed by atoms with E-state index >= 15 is 0 Å². The Kier molecular flexibility index (Phi) is 5.19. The highest BCUT2D eigenvalue weighted by Gasteiger charge is 2.18. The van der Waals surface area contributed by atoms with Gasteiger partial charge < -0.3 is 10.5 Å². The van der Waals surface area contributed by atoms with Gasteiger partial charge in [-0.3, -0.25) is 4.98 Å². The van der Waals surface area contributed by atoms with Gasteiger partial charge in [-0.15, -0.1) is 0 Å².